The predicted octanol–water partition coefficient (Wildman–Crippen LogP) is 3.50. The van der Waals surface area contributed by atoms with Crippen LogP contribution in [0.5, 0.6) is 0 Å². The molecule has 1 aromatic carbocycles. The third-order valence-corrected chi connectivity index (χ3v) is 4.61. The highest BCUT2D eigenvalue weighted by molar-refractivity contribution is 7.15. The molecule has 1 aliphatic rings. The molecule has 1 aliphatic heterocycles. The maximum absolute atomic E-state index is 11.9. The third kappa shape index (κ3) is 3.61. The monoisotopic (exact) mass is 322 g/mol. The van der Waals surface area contributed by atoms with Crippen LogP contribution in [-0.4, -0.2) is 23.6 Å². The molecule has 1 N–H and O–H groups in total. The Hall–Kier alpha value is -1.43. The van der Waals surface area contributed by atoms with Crippen LogP contribution in [0.2, 0.25) is 5.02 Å². The molecule has 0 bridgehead atoms. The molecule has 110 valence electrons. The van der Waals surface area contributed by atoms with Crippen LogP contribution in [0.4, 0.5) is 5.13 Å². The van der Waals surface area contributed by atoms with Gasteiger partial charge < -0.3 is 4.74 Å². The van der Waals surface area contributed by atoms with Crippen molar-refractivity contribution in [3.63, 3.8) is 0 Å². The van der Waals surface area contributed by atoms with E-state index in [1.165, 1.54) is 11.3 Å². The molecule has 1 aromatic heterocycles. The lowest BCUT2D eigenvalue weighted by molar-refractivity contribution is -0.124. The second kappa shape index (κ2) is 6.56. The van der Waals surface area contributed by atoms with Crippen LogP contribution in [0.1, 0.15) is 23.3 Å². The molecule has 4 nitrogen and oxygen atoms in total. The number of hydrogen-bond acceptors (Lipinski definition) is 4. The summed E-state index contributed by atoms with van der Waals surface area (Å²) in [4.78, 5) is 17.2. The summed E-state index contributed by atoms with van der Waals surface area (Å²) >= 11 is 7.62. The molecule has 0 radical (unpaired) electrons. The van der Waals surface area contributed by atoms with Crippen LogP contribution in [0.15, 0.2) is 30.5 Å². The molecule has 0 saturated carbocycles. The number of ether oxygens (including phenoxy) is 1. The Kier molecular flexibility index (Phi) is 4.53. The average Bonchev–Trinajstić information content (AvgIpc) is 3.13. The molecule has 3 rings (SSSR count). The van der Waals surface area contributed by atoms with Gasteiger partial charge in [-0.15, -0.1) is 11.3 Å². The van der Waals surface area contributed by atoms with Gasteiger partial charge in [-0.25, -0.2) is 4.98 Å². The molecule has 6 heteroatoms. The fourth-order valence-corrected chi connectivity index (χ4v) is 3.29. The molecular formula is C15H15ClN2O2S. The van der Waals surface area contributed by atoms with Gasteiger partial charge in [-0.3, -0.25) is 10.1 Å². The largest absolute Gasteiger partial charge is 0.368 e. The first-order valence-electron chi connectivity index (χ1n) is 6.83. The van der Waals surface area contributed by atoms with Crippen LogP contribution in [0.3, 0.4) is 0 Å². The van der Waals surface area contributed by atoms with E-state index in [4.69, 9.17) is 16.3 Å². The van der Waals surface area contributed by atoms with Crippen molar-refractivity contribution in [1.29, 1.82) is 0 Å². The van der Waals surface area contributed by atoms with Crippen molar-refractivity contribution in [1.82, 2.24) is 4.98 Å². The Morgan fingerprint density at radius 3 is 3.10 bits per heavy atom. The number of halogens is 1. The zero-order valence-corrected chi connectivity index (χ0v) is 12.9. The van der Waals surface area contributed by atoms with Gasteiger partial charge >= 0.3 is 0 Å². The lowest BCUT2D eigenvalue weighted by Crippen LogP contribution is -2.26. The quantitative estimate of drug-likeness (QED) is 0.937. The highest BCUT2D eigenvalue weighted by Gasteiger charge is 2.24. The summed E-state index contributed by atoms with van der Waals surface area (Å²) in [5, 5.41) is 4.17. The third-order valence-electron chi connectivity index (χ3n) is 3.33. The smallest absolute Gasteiger partial charge is 0.255 e. The predicted molar refractivity (Wildman–Crippen MR) is 84.0 cm³/mol. The number of nitrogens with one attached hydrogen (secondary N) is 1. The van der Waals surface area contributed by atoms with Gasteiger partial charge in [0.1, 0.15) is 6.10 Å². The summed E-state index contributed by atoms with van der Waals surface area (Å²) in [5.41, 5.74) is 1.06. The Morgan fingerprint density at radius 1 is 1.48 bits per heavy atom. The van der Waals surface area contributed by atoms with E-state index in [1.807, 2.05) is 24.3 Å². The van der Waals surface area contributed by atoms with E-state index in [2.05, 4.69) is 10.3 Å². The van der Waals surface area contributed by atoms with Gasteiger partial charge in [0.2, 0.25) is 0 Å². The van der Waals surface area contributed by atoms with Crippen LogP contribution in [-0.2, 0) is 16.0 Å². The van der Waals surface area contributed by atoms with Gasteiger partial charge in [0, 0.05) is 29.1 Å². The van der Waals surface area contributed by atoms with E-state index in [-0.39, 0.29) is 12.0 Å². The van der Waals surface area contributed by atoms with Crippen molar-refractivity contribution in [2.45, 2.75) is 25.4 Å². The molecule has 0 spiro atoms. The first-order valence-corrected chi connectivity index (χ1v) is 8.02. The van der Waals surface area contributed by atoms with Crippen molar-refractivity contribution in [2.75, 3.05) is 11.9 Å². The zero-order valence-electron chi connectivity index (χ0n) is 11.3. The molecule has 0 unspecified atom stereocenters. The highest BCUT2D eigenvalue weighted by atomic mass is 35.5. The van der Waals surface area contributed by atoms with E-state index in [0.717, 1.165) is 28.3 Å². The first-order chi connectivity index (χ1) is 10.2. The Labute approximate surface area is 132 Å². The average molecular weight is 323 g/mol. The first kappa shape index (κ1) is 14.5. The van der Waals surface area contributed by atoms with Crippen LogP contribution < -0.4 is 5.32 Å². The molecule has 2 heterocycles. The highest BCUT2D eigenvalue weighted by Crippen LogP contribution is 2.25. The standard InChI is InChI=1S/C15H15ClN2O2S/c16-12-5-2-1-4-10(12)8-11-9-17-15(21-11)18-14(19)13-6-3-7-20-13/h1-2,4-5,9,13H,3,6-8H2,(H,17,18,19)/t13-/m1/s1. The normalized spacial score (nSPS) is 17.9. The number of aromatic nitrogens is 1. The summed E-state index contributed by atoms with van der Waals surface area (Å²) in [6.07, 6.45) is 3.88. The fraction of sp³-hybridized carbons (Fsp3) is 0.333. The van der Waals surface area contributed by atoms with E-state index < -0.39 is 0 Å². The topological polar surface area (TPSA) is 51.2 Å². The minimum atomic E-state index is -0.332. The van der Waals surface area contributed by atoms with Crippen molar-refractivity contribution in [3.05, 3.63) is 45.9 Å². The number of carbonyl (C=O) groups excluding carboxylic acids is 1. The number of anilines is 1. The van der Waals surface area contributed by atoms with Gasteiger partial charge in [0.25, 0.3) is 5.91 Å². The Balaban J connectivity index is 1.63. The lowest BCUT2D eigenvalue weighted by atomic mass is 10.1. The van der Waals surface area contributed by atoms with E-state index in [9.17, 15) is 4.79 Å². The van der Waals surface area contributed by atoms with Gasteiger partial charge in [0.05, 0.1) is 0 Å². The SMILES string of the molecule is O=C(Nc1ncc(Cc2ccccc2Cl)s1)[C@H]1CCCO1. The molecule has 1 amide bonds. The number of nitrogens with zero attached hydrogens (tertiary/aromatic N) is 1. The molecule has 1 atom stereocenters. The van der Waals surface area contributed by atoms with Crippen LogP contribution in [0.25, 0.3) is 0 Å². The Morgan fingerprint density at radius 2 is 2.33 bits per heavy atom. The Bertz CT molecular complexity index is 638. The van der Waals surface area contributed by atoms with Crippen molar-refractivity contribution >= 4 is 34.0 Å². The van der Waals surface area contributed by atoms with Gasteiger partial charge in [-0.05, 0) is 24.5 Å². The number of carbonyl (C=O) groups is 1. The fourth-order valence-electron chi connectivity index (χ4n) is 2.25. The van der Waals surface area contributed by atoms with Gasteiger partial charge in [0.15, 0.2) is 5.13 Å². The molecule has 2 aromatic rings. The summed E-state index contributed by atoms with van der Waals surface area (Å²) in [7, 11) is 0. The molecule has 1 fully saturated rings. The number of rotatable bonds is 4. The summed E-state index contributed by atoms with van der Waals surface area (Å²) in [6.45, 7) is 0.660. The van der Waals surface area contributed by atoms with Crippen LogP contribution >= 0.6 is 22.9 Å². The van der Waals surface area contributed by atoms with E-state index >= 15 is 0 Å². The molecular weight excluding hydrogens is 308 g/mol. The van der Waals surface area contributed by atoms with E-state index in [1.54, 1.807) is 6.20 Å². The van der Waals surface area contributed by atoms with Crippen molar-refractivity contribution in [3.8, 4) is 0 Å². The number of thiazole rings is 1. The lowest BCUT2D eigenvalue weighted by Gasteiger charge is -2.07. The minimum absolute atomic E-state index is 0.105. The second-order valence-corrected chi connectivity index (χ2v) is 6.41. The molecule has 0 aliphatic carbocycles. The minimum Gasteiger partial charge on any atom is -0.368 e. The molecule has 21 heavy (non-hydrogen) atoms. The maximum atomic E-state index is 11.9. The second-order valence-electron chi connectivity index (χ2n) is 4.89. The molecule has 1 saturated heterocycles. The van der Waals surface area contributed by atoms with Gasteiger partial charge in [-0.1, -0.05) is 29.8 Å². The zero-order chi connectivity index (χ0) is 14.7. The summed E-state index contributed by atoms with van der Waals surface area (Å²) < 4.78 is 5.35. The number of benzene rings is 1. The number of amides is 1. The van der Waals surface area contributed by atoms with Crippen LogP contribution in [0, 0.1) is 0 Å². The van der Waals surface area contributed by atoms with E-state index in [0.29, 0.717) is 18.2 Å². The maximum Gasteiger partial charge on any atom is 0.255 e. The summed E-state index contributed by atoms with van der Waals surface area (Å²) in [5.74, 6) is -0.105. The number of hydrogen-bond donors (Lipinski definition) is 1. The van der Waals surface area contributed by atoms with Crippen molar-refractivity contribution < 1.29 is 9.53 Å². The van der Waals surface area contributed by atoms with Crippen molar-refractivity contribution in [2.24, 2.45) is 0 Å². The summed E-state index contributed by atoms with van der Waals surface area (Å²) in [6, 6.07) is 7.73. The van der Waals surface area contributed by atoms with Gasteiger partial charge in [-0.2, -0.15) is 0 Å².